The molecule has 0 fully saturated rings. The molecule has 4 aromatic carbocycles. The summed E-state index contributed by atoms with van der Waals surface area (Å²) in [6.07, 6.45) is 0. The smallest absolute Gasteiger partial charge is 0.326 e. The van der Waals surface area contributed by atoms with E-state index >= 15 is 0 Å². The van der Waals surface area contributed by atoms with Crippen LogP contribution in [0.2, 0.25) is 0 Å². The largest absolute Gasteiger partial charge is 2.00 e. The number of carbonyl (C=O) groups is 3. The SMILES string of the molecule is Cc1cccc(C)c1NC(=O)C(c1cc[cH-]c1)C1C(=O)Nc2ccccc2NC1=O.[Fe+2].c1cc[cH-]c1. The van der Waals surface area contributed by atoms with Crippen molar-refractivity contribution in [2.24, 2.45) is 5.92 Å². The number of amides is 3. The molecule has 1 atom stereocenters. The number of benzene rings is 2. The fourth-order valence-electron chi connectivity index (χ4n) is 4.17. The Kier molecular flexibility index (Phi) is 9.01. The number of anilines is 3. The second-order valence-electron chi connectivity index (χ2n) is 8.42. The number of hydrogen-bond donors (Lipinski definition) is 3. The van der Waals surface area contributed by atoms with Gasteiger partial charge in [-0.05, 0) is 37.1 Å². The number of nitrogens with one attached hydrogen (secondary N) is 3. The van der Waals surface area contributed by atoms with E-state index in [-0.39, 0.29) is 17.1 Å². The Morgan fingerprint density at radius 1 is 0.806 bits per heavy atom. The molecule has 1 aliphatic rings. The molecule has 0 aliphatic carbocycles. The van der Waals surface area contributed by atoms with Gasteiger partial charge < -0.3 is 16.0 Å². The van der Waals surface area contributed by atoms with E-state index in [1.807, 2.05) is 62.4 Å². The van der Waals surface area contributed by atoms with Crippen LogP contribution in [0.15, 0.2) is 97.1 Å². The van der Waals surface area contributed by atoms with Gasteiger partial charge in [-0.2, -0.15) is 42.0 Å². The van der Waals surface area contributed by atoms with E-state index < -0.39 is 29.6 Å². The molecule has 3 amide bonds. The minimum atomic E-state index is -1.22. The van der Waals surface area contributed by atoms with Crippen molar-refractivity contribution in [1.29, 1.82) is 0 Å². The zero-order valence-electron chi connectivity index (χ0n) is 20.0. The number of fused-ring (bicyclic) bond motifs is 1. The summed E-state index contributed by atoms with van der Waals surface area (Å²) < 4.78 is 0. The number of para-hydroxylation sites is 3. The van der Waals surface area contributed by atoms with Gasteiger partial charge in [0.25, 0.3) is 0 Å². The molecule has 184 valence electrons. The number of hydrogen-bond acceptors (Lipinski definition) is 3. The average molecular weight is 521 g/mol. The first-order chi connectivity index (χ1) is 17.0. The number of aryl methyl sites for hydroxylation is 2. The Bertz CT molecular complexity index is 1240. The second-order valence-corrected chi connectivity index (χ2v) is 8.42. The molecule has 7 heteroatoms. The van der Waals surface area contributed by atoms with Crippen LogP contribution in [0.5, 0.6) is 0 Å². The van der Waals surface area contributed by atoms with Crippen molar-refractivity contribution in [1.82, 2.24) is 0 Å². The van der Waals surface area contributed by atoms with E-state index in [2.05, 4.69) is 16.0 Å². The van der Waals surface area contributed by atoms with Crippen LogP contribution in [0.1, 0.15) is 22.6 Å². The fraction of sp³-hybridized carbons (Fsp3) is 0.138. The Labute approximate surface area is 221 Å². The van der Waals surface area contributed by atoms with Crippen molar-refractivity contribution in [3.05, 3.63) is 114 Å². The first-order valence-electron chi connectivity index (χ1n) is 11.4. The predicted molar refractivity (Wildman–Crippen MR) is 139 cm³/mol. The van der Waals surface area contributed by atoms with Crippen LogP contribution >= 0.6 is 0 Å². The molecule has 0 radical (unpaired) electrons. The van der Waals surface area contributed by atoms with E-state index in [4.69, 9.17) is 0 Å². The van der Waals surface area contributed by atoms with Gasteiger partial charge in [-0.1, -0.05) is 30.3 Å². The molecule has 3 N–H and O–H groups in total. The zero-order chi connectivity index (χ0) is 24.8. The fourth-order valence-corrected chi connectivity index (χ4v) is 4.17. The standard InChI is InChI=1S/C24H22N3O3.C5H5.Fe/c1-14-8-7-9-15(2)21(14)27-22(28)19(16-10-3-4-11-16)20-23(29)25-17-12-5-6-13-18(17)26-24(20)30;1-2-4-5-3-1;/h3-13,19-20H,1-2H3,(H,25,29)(H,26,30)(H,27,28);1-5H;/q2*-1;+2. The molecule has 1 aliphatic heterocycles. The van der Waals surface area contributed by atoms with Crippen LogP contribution in [-0.4, -0.2) is 17.7 Å². The maximum Gasteiger partial charge on any atom is 2.00 e. The Morgan fingerprint density at radius 3 is 1.86 bits per heavy atom. The van der Waals surface area contributed by atoms with Crippen molar-refractivity contribution in [2.45, 2.75) is 19.8 Å². The normalized spacial score (nSPS) is 13.5. The number of carbonyl (C=O) groups excluding carboxylic acids is 3. The molecule has 0 spiro atoms. The van der Waals surface area contributed by atoms with Crippen LogP contribution in [-0.2, 0) is 31.5 Å². The van der Waals surface area contributed by atoms with Crippen LogP contribution in [0.4, 0.5) is 17.1 Å². The van der Waals surface area contributed by atoms with Crippen molar-refractivity contribution >= 4 is 34.8 Å². The quantitative estimate of drug-likeness (QED) is 0.192. The Morgan fingerprint density at radius 2 is 1.39 bits per heavy atom. The van der Waals surface area contributed by atoms with Crippen molar-refractivity contribution in [3.63, 3.8) is 0 Å². The molecule has 0 saturated heterocycles. The molecule has 1 heterocycles. The summed E-state index contributed by atoms with van der Waals surface area (Å²) >= 11 is 0. The molecule has 0 aromatic heterocycles. The number of rotatable bonds is 4. The van der Waals surface area contributed by atoms with Gasteiger partial charge in [-0.15, -0.1) is 0 Å². The maximum absolute atomic E-state index is 13.4. The van der Waals surface area contributed by atoms with Crippen molar-refractivity contribution in [2.75, 3.05) is 16.0 Å². The third-order valence-corrected chi connectivity index (χ3v) is 5.96. The van der Waals surface area contributed by atoms with E-state index in [9.17, 15) is 14.4 Å². The van der Waals surface area contributed by atoms with Gasteiger partial charge in [0.2, 0.25) is 17.7 Å². The van der Waals surface area contributed by atoms with Crippen LogP contribution in [0.3, 0.4) is 0 Å². The molecular formula is C29H27FeN3O3. The van der Waals surface area contributed by atoms with Crippen LogP contribution in [0.25, 0.3) is 0 Å². The molecular weight excluding hydrogens is 494 g/mol. The van der Waals surface area contributed by atoms with Crippen LogP contribution < -0.4 is 16.0 Å². The molecule has 1 unspecified atom stereocenters. The molecule has 5 rings (SSSR count). The van der Waals surface area contributed by atoms with Gasteiger partial charge >= 0.3 is 17.1 Å². The molecule has 0 bridgehead atoms. The monoisotopic (exact) mass is 521 g/mol. The van der Waals surface area contributed by atoms with Crippen LogP contribution in [0, 0.1) is 19.8 Å². The first-order valence-corrected chi connectivity index (χ1v) is 11.4. The Hall–Kier alpha value is -3.93. The summed E-state index contributed by atoms with van der Waals surface area (Å²) in [7, 11) is 0. The molecule has 4 aromatic rings. The molecule has 0 saturated carbocycles. The summed E-state index contributed by atoms with van der Waals surface area (Å²) in [5.74, 6) is -3.63. The topological polar surface area (TPSA) is 87.3 Å². The summed E-state index contributed by atoms with van der Waals surface area (Å²) in [5.41, 5.74) is 4.14. The van der Waals surface area contributed by atoms with Gasteiger partial charge in [-0.3, -0.25) is 14.4 Å². The summed E-state index contributed by atoms with van der Waals surface area (Å²) in [5, 5.41) is 8.52. The summed E-state index contributed by atoms with van der Waals surface area (Å²) in [4.78, 5) is 39.5. The van der Waals surface area contributed by atoms with E-state index in [1.54, 1.807) is 48.5 Å². The molecule has 6 nitrogen and oxygen atoms in total. The average Bonchev–Trinajstić information content (AvgIpc) is 3.56. The van der Waals surface area contributed by atoms with E-state index in [0.717, 1.165) is 11.1 Å². The van der Waals surface area contributed by atoms with E-state index in [1.165, 1.54) is 0 Å². The minimum absolute atomic E-state index is 0. The van der Waals surface area contributed by atoms with Gasteiger partial charge in [-0.25, -0.2) is 18.2 Å². The summed E-state index contributed by atoms with van der Waals surface area (Å²) in [6, 6.07) is 29.8. The first kappa shape index (κ1) is 26.7. The maximum atomic E-state index is 13.4. The molecule has 36 heavy (non-hydrogen) atoms. The van der Waals surface area contributed by atoms with Gasteiger partial charge in [0.05, 0.1) is 11.4 Å². The Balaban J connectivity index is 0.000000538. The third-order valence-electron chi connectivity index (χ3n) is 5.96. The minimum Gasteiger partial charge on any atom is -0.326 e. The van der Waals surface area contributed by atoms with E-state index in [0.29, 0.717) is 22.6 Å². The van der Waals surface area contributed by atoms with Crippen molar-refractivity contribution in [3.8, 4) is 0 Å². The summed E-state index contributed by atoms with van der Waals surface area (Å²) in [6.45, 7) is 3.81. The van der Waals surface area contributed by atoms with Gasteiger partial charge in [0.15, 0.2) is 0 Å². The predicted octanol–water partition coefficient (Wildman–Crippen LogP) is 5.35. The van der Waals surface area contributed by atoms with Crippen molar-refractivity contribution < 1.29 is 31.5 Å². The zero-order valence-corrected chi connectivity index (χ0v) is 21.1. The third kappa shape index (κ3) is 6.00. The van der Waals surface area contributed by atoms with Gasteiger partial charge in [0.1, 0.15) is 5.92 Å². The second kappa shape index (κ2) is 12.2. The van der Waals surface area contributed by atoms with Gasteiger partial charge in [0, 0.05) is 11.6 Å².